The van der Waals surface area contributed by atoms with Crippen LogP contribution >= 0.6 is 11.3 Å². The van der Waals surface area contributed by atoms with Crippen LogP contribution in [0.2, 0.25) is 0 Å². The van der Waals surface area contributed by atoms with Crippen molar-refractivity contribution < 1.29 is 9.53 Å². The van der Waals surface area contributed by atoms with E-state index in [1.807, 2.05) is 29.2 Å². The summed E-state index contributed by atoms with van der Waals surface area (Å²) in [5.41, 5.74) is 2.95. The molecule has 2 heterocycles. The average Bonchev–Trinajstić information content (AvgIpc) is 2.94. The lowest BCUT2D eigenvalue weighted by Gasteiger charge is -2.32. The summed E-state index contributed by atoms with van der Waals surface area (Å²) in [7, 11) is 1.68. The van der Waals surface area contributed by atoms with Crippen LogP contribution < -0.4 is 0 Å². The van der Waals surface area contributed by atoms with Crippen molar-refractivity contribution >= 4 is 17.2 Å². The number of hydrogen-bond acceptors (Lipinski definition) is 4. The van der Waals surface area contributed by atoms with Gasteiger partial charge in [-0.2, -0.15) is 0 Å². The first-order valence-electron chi connectivity index (χ1n) is 8.39. The van der Waals surface area contributed by atoms with Gasteiger partial charge in [-0.3, -0.25) is 4.79 Å². The Morgan fingerprint density at radius 2 is 2.08 bits per heavy atom. The predicted octanol–water partition coefficient (Wildman–Crippen LogP) is 3.93. The summed E-state index contributed by atoms with van der Waals surface area (Å²) in [5.74, 6) is 0.488. The Labute approximate surface area is 147 Å². The zero-order valence-electron chi connectivity index (χ0n) is 14.5. The summed E-state index contributed by atoms with van der Waals surface area (Å²) in [5, 5.41) is 1.18. The summed E-state index contributed by atoms with van der Waals surface area (Å²) >= 11 is 1.77. The molecule has 3 rings (SSSR count). The van der Waals surface area contributed by atoms with Gasteiger partial charge in [0.25, 0.3) is 5.91 Å². The maximum atomic E-state index is 12.8. The number of hydrogen-bond donors (Lipinski definition) is 0. The fraction of sp³-hybridized carbons (Fsp3) is 0.474. The van der Waals surface area contributed by atoms with Crippen LogP contribution in [0.1, 0.15) is 50.3 Å². The largest absolute Gasteiger partial charge is 0.380 e. The lowest BCUT2D eigenvalue weighted by molar-refractivity contribution is 0.0707. The van der Waals surface area contributed by atoms with Crippen LogP contribution in [0.4, 0.5) is 0 Å². The molecule has 1 amide bonds. The van der Waals surface area contributed by atoms with Gasteiger partial charge in [0.1, 0.15) is 0 Å². The molecule has 0 bridgehead atoms. The topological polar surface area (TPSA) is 42.4 Å². The number of aryl methyl sites for hydroxylation is 2. The van der Waals surface area contributed by atoms with Crippen molar-refractivity contribution in [2.24, 2.45) is 0 Å². The Balaban J connectivity index is 1.70. The van der Waals surface area contributed by atoms with Gasteiger partial charge in [-0.1, -0.05) is 12.1 Å². The minimum atomic E-state index is 0.119. The van der Waals surface area contributed by atoms with Crippen LogP contribution in [-0.2, 0) is 11.3 Å². The van der Waals surface area contributed by atoms with E-state index in [2.05, 4.69) is 13.8 Å². The van der Waals surface area contributed by atoms with Crippen LogP contribution in [0.15, 0.2) is 24.3 Å². The van der Waals surface area contributed by atoms with E-state index in [1.165, 1.54) is 9.88 Å². The Bertz CT molecular complexity index is 689. The molecule has 1 aromatic heterocycles. The average molecular weight is 344 g/mol. The molecule has 0 N–H and O–H groups in total. The first kappa shape index (κ1) is 17.1. The van der Waals surface area contributed by atoms with E-state index >= 15 is 0 Å². The third kappa shape index (κ3) is 3.68. The summed E-state index contributed by atoms with van der Waals surface area (Å²) in [4.78, 5) is 20.8. The lowest BCUT2D eigenvalue weighted by atomic mass is 9.98. The number of benzene rings is 1. The fourth-order valence-electron chi connectivity index (χ4n) is 3.13. The molecule has 4 nitrogen and oxygen atoms in total. The van der Waals surface area contributed by atoms with E-state index in [-0.39, 0.29) is 5.91 Å². The van der Waals surface area contributed by atoms with E-state index in [1.54, 1.807) is 18.4 Å². The van der Waals surface area contributed by atoms with Crippen molar-refractivity contribution in [3.8, 4) is 0 Å². The van der Waals surface area contributed by atoms with E-state index in [4.69, 9.17) is 9.72 Å². The molecule has 0 radical (unpaired) electrons. The molecule has 5 heteroatoms. The summed E-state index contributed by atoms with van der Waals surface area (Å²) < 4.78 is 5.12. The number of thiazole rings is 1. The van der Waals surface area contributed by atoms with Gasteiger partial charge in [0, 0.05) is 36.6 Å². The van der Waals surface area contributed by atoms with E-state index in [9.17, 15) is 4.79 Å². The van der Waals surface area contributed by atoms with Crippen molar-refractivity contribution in [1.29, 1.82) is 0 Å². The highest BCUT2D eigenvalue weighted by molar-refractivity contribution is 7.11. The van der Waals surface area contributed by atoms with Crippen LogP contribution in [-0.4, -0.2) is 36.0 Å². The molecule has 0 unspecified atom stereocenters. The molecule has 1 saturated heterocycles. The first-order valence-corrected chi connectivity index (χ1v) is 9.21. The van der Waals surface area contributed by atoms with E-state index < -0.39 is 0 Å². The van der Waals surface area contributed by atoms with E-state index in [0.717, 1.165) is 42.8 Å². The number of nitrogens with zero attached hydrogens (tertiary/aromatic N) is 2. The third-order valence-corrected chi connectivity index (χ3v) is 5.85. The normalized spacial score (nSPS) is 18.0. The lowest BCUT2D eigenvalue weighted by Crippen LogP contribution is -2.39. The van der Waals surface area contributed by atoms with Gasteiger partial charge in [-0.15, -0.1) is 11.3 Å². The van der Waals surface area contributed by atoms with Crippen LogP contribution in [0.25, 0.3) is 0 Å². The molecule has 1 aliphatic heterocycles. The number of carbonyl (C=O) groups excluding carboxylic acids is 1. The standard InChI is InChI=1S/C19H24N2O2S/c1-13-14(2)24-18(20-13)17-5-4-10-21(11-17)19(22)16-8-6-15(7-9-16)12-23-3/h6-9,17H,4-5,10-12H2,1-3H3/t17-/m0/s1. The number of piperidine rings is 1. The fourth-order valence-corrected chi connectivity index (χ4v) is 4.18. The number of ether oxygens (including phenoxy) is 1. The molecule has 1 atom stereocenters. The highest BCUT2D eigenvalue weighted by Crippen LogP contribution is 2.31. The Hall–Kier alpha value is -1.72. The number of amides is 1. The van der Waals surface area contributed by atoms with Crippen LogP contribution in [0, 0.1) is 13.8 Å². The molecule has 0 aliphatic carbocycles. The van der Waals surface area contributed by atoms with Crippen LogP contribution in [0.5, 0.6) is 0 Å². The van der Waals surface area contributed by atoms with Gasteiger partial charge in [-0.05, 0) is 44.4 Å². The molecular formula is C19H24N2O2S. The number of methoxy groups -OCH3 is 1. The Kier molecular flexibility index (Phi) is 5.31. The first-order chi connectivity index (χ1) is 11.6. The Morgan fingerprint density at radius 1 is 1.33 bits per heavy atom. The third-order valence-electron chi connectivity index (χ3n) is 4.61. The van der Waals surface area contributed by atoms with Gasteiger partial charge in [0.2, 0.25) is 0 Å². The summed E-state index contributed by atoms with van der Waals surface area (Å²) in [6.07, 6.45) is 2.15. The van der Waals surface area contributed by atoms with E-state index in [0.29, 0.717) is 12.5 Å². The quantitative estimate of drug-likeness (QED) is 0.844. The van der Waals surface area contributed by atoms with Crippen molar-refractivity contribution in [3.63, 3.8) is 0 Å². The van der Waals surface area contributed by atoms with Gasteiger partial charge in [-0.25, -0.2) is 4.98 Å². The SMILES string of the molecule is COCc1ccc(C(=O)N2CCC[C@H](c3nc(C)c(C)s3)C2)cc1. The van der Waals surface area contributed by atoms with Crippen LogP contribution in [0.3, 0.4) is 0 Å². The molecule has 128 valence electrons. The molecule has 2 aromatic rings. The predicted molar refractivity (Wildman–Crippen MR) is 96.6 cm³/mol. The second-order valence-corrected chi connectivity index (χ2v) is 7.65. The maximum absolute atomic E-state index is 12.8. The number of carbonyl (C=O) groups is 1. The minimum absolute atomic E-state index is 0.119. The molecular weight excluding hydrogens is 320 g/mol. The van der Waals surface area contributed by atoms with Gasteiger partial charge < -0.3 is 9.64 Å². The maximum Gasteiger partial charge on any atom is 0.253 e. The molecule has 0 saturated carbocycles. The van der Waals surface area contributed by atoms with Gasteiger partial charge >= 0.3 is 0 Å². The van der Waals surface area contributed by atoms with Crippen molar-refractivity contribution in [2.45, 2.75) is 39.2 Å². The van der Waals surface area contributed by atoms with Gasteiger partial charge in [0.15, 0.2) is 0 Å². The monoisotopic (exact) mass is 344 g/mol. The number of likely N-dealkylation sites (tertiary alicyclic amines) is 1. The van der Waals surface area contributed by atoms with Crippen molar-refractivity contribution in [1.82, 2.24) is 9.88 Å². The zero-order valence-corrected chi connectivity index (χ0v) is 15.4. The number of aromatic nitrogens is 1. The molecule has 0 spiro atoms. The Morgan fingerprint density at radius 3 is 2.71 bits per heavy atom. The highest BCUT2D eigenvalue weighted by Gasteiger charge is 2.27. The summed E-state index contributed by atoms with van der Waals surface area (Å²) in [6.45, 7) is 6.35. The molecule has 1 fully saturated rings. The second-order valence-electron chi connectivity index (χ2n) is 6.41. The number of rotatable bonds is 4. The van der Waals surface area contributed by atoms with Crippen molar-refractivity contribution in [2.75, 3.05) is 20.2 Å². The second kappa shape index (κ2) is 7.45. The highest BCUT2D eigenvalue weighted by atomic mass is 32.1. The molecule has 1 aromatic carbocycles. The molecule has 1 aliphatic rings. The molecule has 24 heavy (non-hydrogen) atoms. The van der Waals surface area contributed by atoms with Crippen molar-refractivity contribution in [3.05, 3.63) is 51.0 Å². The minimum Gasteiger partial charge on any atom is -0.380 e. The zero-order chi connectivity index (χ0) is 17.1. The van der Waals surface area contributed by atoms with Gasteiger partial charge in [0.05, 0.1) is 17.3 Å². The summed E-state index contributed by atoms with van der Waals surface area (Å²) in [6, 6.07) is 7.73. The smallest absolute Gasteiger partial charge is 0.253 e.